The molecule has 0 bridgehead atoms. The number of fused-ring (bicyclic) bond motifs is 4. The molecule has 1 heterocycles. The summed E-state index contributed by atoms with van der Waals surface area (Å²) >= 11 is 0. The highest BCUT2D eigenvalue weighted by molar-refractivity contribution is 7.80. The van der Waals surface area contributed by atoms with E-state index in [2.05, 4.69) is 20.8 Å². The molecular weight excluding hydrogens is 801 g/mol. The third-order valence-corrected chi connectivity index (χ3v) is 17.0. The lowest BCUT2D eigenvalue weighted by molar-refractivity contribution is -0.193. The van der Waals surface area contributed by atoms with Crippen molar-refractivity contribution in [3.63, 3.8) is 0 Å². The first kappa shape index (κ1) is 50.4. The van der Waals surface area contributed by atoms with Gasteiger partial charge < -0.3 is 29.5 Å². The van der Waals surface area contributed by atoms with Gasteiger partial charge in [0.1, 0.15) is 30.0 Å². The van der Waals surface area contributed by atoms with Crippen molar-refractivity contribution in [1.29, 1.82) is 0 Å². The highest BCUT2D eigenvalue weighted by Gasteiger charge is 2.68. The highest BCUT2D eigenvalue weighted by atomic mass is 32.3. The first-order valence-corrected chi connectivity index (χ1v) is 25.3. The first-order valence-electron chi connectivity index (χ1n) is 23.9. The minimum atomic E-state index is -4.91. The Morgan fingerprint density at radius 3 is 1.93 bits per heavy atom. The van der Waals surface area contributed by atoms with Crippen LogP contribution in [0.1, 0.15) is 190 Å². The third kappa shape index (κ3) is 11.3. The van der Waals surface area contributed by atoms with Gasteiger partial charge in [-0.3, -0.25) is 14.1 Å². The van der Waals surface area contributed by atoms with E-state index in [0.717, 1.165) is 56.9 Å². The quantitative estimate of drug-likeness (QED) is 0.0237. The van der Waals surface area contributed by atoms with Gasteiger partial charge in [-0.1, -0.05) is 111 Å². The van der Waals surface area contributed by atoms with Crippen LogP contribution in [0.2, 0.25) is 0 Å². The Morgan fingerprint density at radius 2 is 1.43 bits per heavy atom. The first-order chi connectivity index (χ1) is 28.5. The Morgan fingerprint density at radius 1 is 0.869 bits per heavy atom. The van der Waals surface area contributed by atoms with Crippen LogP contribution in [0.5, 0.6) is 0 Å². The number of hydrogen-bond acceptors (Lipinski definition) is 11. The predicted molar refractivity (Wildman–Crippen MR) is 234 cm³/mol. The van der Waals surface area contributed by atoms with E-state index in [1.807, 2.05) is 13.8 Å². The molecular formula is C48H82O12S. The molecule has 0 radical (unpaired) electrons. The summed E-state index contributed by atoms with van der Waals surface area (Å²) in [5, 5.41) is 32.5. The van der Waals surface area contributed by atoms with Gasteiger partial charge in [-0.2, -0.15) is 8.42 Å². The van der Waals surface area contributed by atoms with Crippen molar-refractivity contribution >= 4 is 22.3 Å². The van der Waals surface area contributed by atoms with Gasteiger partial charge in [-0.05, 0) is 112 Å². The molecule has 2 saturated carbocycles. The molecule has 0 aromatic carbocycles. The average molecular weight is 883 g/mol. The molecule has 1 saturated heterocycles. The summed E-state index contributed by atoms with van der Waals surface area (Å²) in [6.07, 6.45) is 15.1. The molecule has 61 heavy (non-hydrogen) atoms. The molecule has 13 heteroatoms. The highest BCUT2D eigenvalue weighted by Crippen LogP contribution is 2.69. The fourth-order valence-corrected chi connectivity index (χ4v) is 14.0. The molecule has 0 aromatic heterocycles. The van der Waals surface area contributed by atoms with Crippen LogP contribution < -0.4 is 0 Å². The second kappa shape index (κ2) is 20.3. The predicted octanol–water partition coefficient (Wildman–Crippen LogP) is 8.98. The molecule has 4 aliphatic carbocycles. The Hall–Kier alpha value is -1.61. The zero-order chi connectivity index (χ0) is 45.0. The van der Waals surface area contributed by atoms with Crippen molar-refractivity contribution in [3.8, 4) is 0 Å². The molecule has 1 aliphatic heterocycles. The van der Waals surface area contributed by atoms with Gasteiger partial charge in [-0.15, -0.1) is 0 Å². The normalized spacial score (nSPS) is 34.9. The maximum absolute atomic E-state index is 13.6. The number of rotatable bonds is 24. The summed E-state index contributed by atoms with van der Waals surface area (Å²) in [4.78, 5) is 26.5. The minimum Gasteiger partial charge on any atom is -0.459 e. The van der Waals surface area contributed by atoms with Gasteiger partial charge >= 0.3 is 22.3 Å². The van der Waals surface area contributed by atoms with Crippen LogP contribution in [0, 0.1) is 39.9 Å². The van der Waals surface area contributed by atoms with Gasteiger partial charge in [0.25, 0.3) is 0 Å². The molecule has 0 amide bonds. The maximum atomic E-state index is 13.6. The van der Waals surface area contributed by atoms with Crippen molar-refractivity contribution in [2.45, 2.75) is 226 Å². The van der Waals surface area contributed by atoms with Crippen molar-refractivity contribution in [2.24, 2.45) is 39.9 Å². The lowest BCUT2D eigenvalue weighted by Gasteiger charge is -2.63. The van der Waals surface area contributed by atoms with E-state index in [-0.39, 0.29) is 43.1 Å². The van der Waals surface area contributed by atoms with E-state index >= 15 is 0 Å². The molecule has 5 aliphatic rings. The summed E-state index contributed by atoms with van der Waals surface area (Å²) in [7, 11) is -4.91. The lowest BCUT2D eigenvalue weighted by Crippen LogP contribution is -2.64. The molecule has 4 N–H and O–H groups in total. The van der Waals surface area contributed by atoms with Crippen LogP contribution in [-0.4, -0.2) is 89.1 Å². The maximum Gasteiger partial charge on any atom is 0.397 e. The molecule has 1 unspecified atom stereocenters. The SMILES string of the molecule is CC(=O)O[C@H]1[C@H](O)C2=C(CCC3C(C)(C)[C@@H](OS(=O)(=O)O)[C@H](OC(=O)CCCCCCCCCCCCCCCO)C[C@]23C)[C@@H]2CC[C@H]([C@H](C)CC[C@@]3(C(C)(C)O)CO3)[C@]21C. The second-order valence-electron chi connectivity index (χ2n) is 21.5. The molecule has 12 nitrogen and oxygen atoms in total. The Balaban J connectivity index is 1.29. The number of carbonyl (C=O) groups is 2. The Kier molecular flexibility index (Phi) is 16.7. The summed E-state index contributed by atoms with van der Waals surface area (Å²) in [5.41, 5.74) is -1.78. The van der Waals surface area contributed by atoms with E-state index in [1.54, 1.807) is 13.8 Å². The number of ether oxygens (including phenoxy) is 3. The molecule has 352 valence electrons. The zero-order valence-corrected chi connectivity index (χ0v) is 39.7. The van der Waals surface area contributed by atoms with Gasteiger partial charge in [0.2, 0.25) is 0 Å². The second-order valence-corrected chi connectivity index (χ2v) is 22.5. The molecule has 3 fully saturated rings. The zero-order valence-electron chi connectivity index (χ0n) is 38.8. The smallest absolute Gasteiger partial charge is 0.397 e. The fraction of sp³-hybridized carbons (Fsp3) is 0.917. The van der Waals surface area contributed by atoms with E-state index in [9.17, 15) is 32.8 Å². The molecule has 0 spiro atoms. The fourth-order valence-electron chi connectivity index (χ4n) is 13.3. The number of aliphatic hydroxyl groups is 3. The summed E-state index contributed by atoms with van der Waals surface area (Å²) < 4.78 is 58.4. The summed E-state index contributed by atoms with van der Waals surface area (Å²) in [5.74, 6) is -0.776. The van der Waals surface area contributed by atoms with Gasteiger partial charge in [0.05, 0.1) is 12.2 Å². The standard InChI is InChI=1S/C48H82O12S/c1-32(27-28-48(31-57-48)45(5,6)53)35-24-25-36-34-23-26-38-44(3,4)42(60-61(54,55)56)37(30-46(38,7)40(34)41(52)43(47(35,36)8)58-33(2)50)59-39(51)22-20-18-16-14-12-10-9-11-13-15-17-19-21-29-49/h32,35-38,41-43,49,52-53H,9-31H2,1-8H3,(H,54,55,56)/t32-,35-,36+,37-,38?,41-,42+,43+,46+,47-,48+/m1/s1. The number of esters is 2. The number of hydrogen-bond donors (Lipinski definition) is 4. The topological polar surface area (TPSA) is 189 Å². The van der Waals surface area contributed by atoms with Crippen molar-refractivity contribution in [1.82, 2.24) is 0 Å². The van der Waals surface area contributed by atoms with Crippen LogP contribution in [0.4, 0.5) is 0 Å². The average Bonchev–Trinajstić information content (AvgIpc) is 3.88. The Bertz CT molecular complexity index is 1630. The lowest BCUT2D eigenvalue weighted by atomic mass is 9.44. The monoisotopic (exact) mass is 883 g/mol. The van der Waals surface area contributed by atoms with Gasteiger partial charge in [0.15, 0.2) is 0 Å². The Labute approximate surface area is 367 Å². The molecule has 0 aromatic rings. The summed E-state index contributed by atoms with van der Waals surface area (Å²) in [6, 6.07) is 0. The van der Waals surface area contributed by atoms with Crippen LogP contribution in [0.25, 0.3) is 0 Å². The number of carbonyl (C=O) groups excluding carboxylic acids is 2. The van der Waals surface area contributed by atoms with Gasteiger partial charge in [0, 0.05) is 25.4 Å². The van der Waals surface area contributed by atoms with E-state index < -0.39 is 74.2 Å². The molecule has 11 atom stereocenters. The van der Waals surface area contributed by atoms with Gasteiger partial charge in [-0.25, -0.2) is 4.18 Å². The van der Waals surface area contributed by atoms with Crippen molar-refractivity contribution < 1.29 is 56.3 Å². The number of unbranched alkanes of at least 4 members (excludes halogenated alkanes) is 12. The van der Waals surface area contributed by atoms with Crippen LogP contribution in [0.3, 0.4) is 0 Å². The molecule has 5 rings (SSSR count). The van der Waals surface area contributed by atoms with Crippen LogP contribution >= 0.6 is 0 Å². The third-order valence-electron chi connectivity index (χ3n) is 16.6. The van der Waals surface area contributed by atoms with Crippen molar-refractivity contribution in [2.75, 3.05) is 13.2 Å². The number of allylic oxidation sites excluding steroid dienone is 1. The van der Waals surface area contributed by atoms with E-state index in [4.69, 9.17) is 23.5 Å². The van der Waals surface area contributed by atoms with E-state index in [0.29, 0.717) is 32.3 Å². The largest absolute Gasteiger partial charge is 0.459 e. The van der Waals surface area contributed by atoms with Crippen LogP contribution in [-0.2, 0) is 38.4 Å². The minimum absolute atomic E-state index is 0.0321. The number of epoxide rings is 1. The van der Waals surface area contributed by atoms with Crippen LogP contribution in [0.15, 0.2) is 11.1 Å². The number of aliphatic hydroxyl groups excluding tert-OH is 2. The van der Waals surface area contributed by atoms with Crippen molar-refractivity contribution in [3.05, 3.63) is 11.1 Å². The van der Waals surface area contributed by atoms with E-state index in [1.165, 1.54) is 57.4 Å². The summed E-state index contributed by atoms with van der Waals surface area (Å²) in [6.45, 7) is 16.1.